The molecule has 0 aromatic heterocycles. The number of carbonyl (C=O) groups is 2. The summed E-state index contributed by atoms with van der Waals surface area (Å²) < 4.78 is 124. The molecule has 3 aliphatic carbocycles. The Morgan fingerprint density at radius 2 is 1.39 bits per heavy atom. The molecule has 2 heterocycles. The SMILES string of the molecule is O=C(O)C12CCC(C(=O)N3CCC4(S(=O)(=O)c5ccc(Cl)cc5)c5ccc(C(F)(C(F)(F)F)C(F)(F)F)cc5NCC34)(CC1)CC2. The van der Waals surface area contributed by atoms with Crippen LogP contribution in [0.25, 0.3) is 0 Å². The van der Waals surface area contributed by atoms with Gasteiger partial charge >= 0.3 is 24.0 Å². The van der Waals surface area contributed by atoms with Crippen LogP contribution in [0.4, 0.5) is 36.4 Å². The summed E-state index contributed by atoms with van der Waals surface area (Å²) in [6, 6.07) is 5.30. The number of nitrogens with one attached hydrogen (secondary N) is 1. The monoisotopic (exact) mass is 696 g/mol. The van der Waals surface area contributed by atoms with Crippen LogP contribution in [0.15, 0.2) is 47.4 Å². The Hall–Kier alpha value is -3.07. The number of anilines is 1. The van der Waals surface area contributed by atoms with Crippen LogP contribution in [0.3, 0.4) is 0 Å². The minimum atomic E-state index is -6.38. The van der Waals surface area contributed by atoms with Crippen LogP contribution in [0.2, 0.25) is 5.02 Å². The number of alkyl halides is 7. The van der Waals surface area contributed by atoms with Gasteiger partial charge in [0.15, 0.2) is 9.84 Å². The molecule has 2 aromatic carbocycles. The number of aliphatic carboxylic acids is 1. The van der Waals surface area contributed by atoms with E-state index >= 15 is 4.39 Å². The first-order valence-electron chi connectivity index (χ1n) is 14.5. The van der Waals surface area contributed by atoms with E-state index in [0.717, 1.165) is 6.07 Å². The van der Waals surface area contributed by atoms with Gasteiger partial charge in [-0.3, -0.25) is 9.59 Å². The molecule has 7 nitrogen and oxygen atoms in total. The summed E-state index contributed by atoms with van der Waals surface area (Å²) in [5.74, 6) is -1.30. The third-order valence-corrected chi connectivity index (χ3v) is 13.6. The quantitative estimate of drug-likeness (QED) is 0.336. The van der Waals surface area contributed by atoms with Gasteiger partial charge in [0.2, 0.25) is 5.91 Å². The van der Waals surface area contributed by atoms with Crippen molar-refractivity contribution in [2.75, 3.05) is 18.4 Å². The summed E-state index contributed by atoms with van der Waals surface area (Å²) in [5, 5.41) is 12.7. The number of amides is 1. The van der Waals surface area contributed by atoms with Crippen molar-refractivity contribution in [3.8, 4) is 0 Å². The topological polar surface area (TPSA) is 104 Å². The molecule has 250 valence electrons. The van der Waals surface area contributed by atoms with Crippen molar-refractivity contribution < 1.29 is 53.8 Å². The van der Waals surface area contributed by atoms with Gasteiger partial charge in [0.1, 0.15) is 4.75 Å². The number of sulfone groups is 1. The van der Waals surface area contributed by atoms with Gasteiger partial charge in [-0.1, -0.05) is 23.7 Å². The highest BCUT2D eigenvalue weighted by Crippen LogP contribution is 2.60. The van der Waals surface area contributed by atoms with Crippen LogP contribution in [-0.4, -0.2) is 61.8 Å². The number of fused-ring (bicyclic) bond motifs is 6. The van der Waals surface area contributed by atoms with Crippen molar-refractivity contribution in [3.63, 3.8) is 0 Å². The number of nitrogens with zero attached hydrogens (tertiary/aromatic N) is 1. The second kappa shape index (κ2) is 10.2. The molecule has 0 spiro atoms. The number of benzene rings is 2. The van der Waals surface area contributed by atoms with Gasteiger partial charge in [-0.05, 0) is 80.8 Å². The van der Waals surface area contributed by atoms with Gasteiger partial charge in [-0.15, -0.1) is 0 Å². The number of halogens is 8. The summed E-state index contributed by atoms with van der Waals surface area (Å²) in [6.07, 6.45) is -11.4. The van der Waals surface area contributed by atoms with Gasteiger partial charge in [0.25, 0.3) is 0 Å². The highest BCUT2D eigenvalue weighted by Gasteiger charge is 2.74. The number of likely N-dealkylation sites (tertiary alicyclic amines) is 1. The fraction of sp³-hybridized carbons (Fsp3) is 0.533. The molecule has 7 rings (SSSR count). The maximum atomic E-state index is 15.0. The Kier molecular flexibility index (Phi) is 7.29. The Labute approximate surface area is 264 Å². The largest absolute Gasteiger partial charge is 0.481 e. The number of hydrogen-bond acceptors (Lipinski definition) is 5. The van der Waals surface area contributed by atoms with E-state index in [9.17, 15) is 49.5 Å². The summed E-state index contributed by atoms with van der Waals surface area (Å²) in [6.45, 7) is -0.482. The van der Waals surface area contributed by atoms with E-state index in [-0.39, 0.29) is 79.4 Å². The zero-order chi connectivity index (χ0) is 33.7. The predicted molar refractivity (Wildman–Crippen MR) is 150 cm³/mol. The summed E-state index contributed by atoms with van der Waals surface area (Å²) in [7, 11) is -4.54. The normalized spacial score (nSPS) is 29.6. The molecule has 0 radical (unpaired) electrons. The molecule has 2 aliphatic heterocycles. The first-order valence-corrected chi connectivity index (χ1v) is 16.4. The van der Waals surface area contributed by atoms with Crippen LogP contribution in [-0.2, 0) is 29.8 Å². The fourth-order valence-corrected chi connectivity index (χ4v) is 10.5. The number of rotatable bonds is 5. The third kappa shape index (κ3) is 4.32. The zero-order valence-electron chi connectivity index (χ0n) is 23.9. The molecule has 1 saturated heterocycles. The third-order valence-electron chi connectivity index (χ3n) is 10.8. The zero-order valence-corrected chi connectivity index (χ0v) is 25.5. The van der Waals surface area contributed by atoms with Crippen LogP contribution < -0.4 is 5.32 Å². The smallest absolute Gasteiger partial charge is 0.435 e. The summed E-state index contributed by atoms with van der Waals surface area (Å²) in [4.78, 5) is 27.4. The average Bonchev–Trinajstić information content (AvgIpc) is 3.41. The van der Waals surface area contributed by atoms with Gasteiger partial charge in [-0.2, -0.15) is 26.3 Å². The highest BCUT2D eigenvalue weighted by atomic mass is 35.5. The summed E-state index contributed by atoms with van der Waals surface area (Å²) >= 11 is 5.97. The Balaban J connectivity index is 1.47. The van der Waals surface area contributed by atoms with Crippen LogP contribution in [0, 0.1) is 10.8 Å². The lowest BCUT2D eigenvalue weighted by Crippen LogP contribution is -2.59. The van der Waals surface area contributed by atoms with E-state index in [1.165, 1.54) is 29.2 Å². The highest BCUT2D eigenvalue weighted by molar-refractivity contribution is 7.92. The second-order valence-corrected chi connectivity index (χ2v) is 15.4. The van der Waals surface area contributed by atoms with E-state index in [1.807, 2.05) is 0 Å². The molecule has 4 fully saturated rings. The Morgan fingerprint density at radius 1 is 0.848 bits per heavy atom. The van der Waals surface area contributed by atoms with Crippen molar-refractivity contribution in [2.24, 2.45) is 10.8 Å². The molecule has 2 N–H and O–H groups in total. The molecule has 2 atom stereocenters. The lowest BCUT2D eigenvalue weighted by Gasteiger charge is -2.52. The lowest BCUT2D eigenvalue weighted by atomic mass is 9.53. The maximum Gasteiger partial charge on any atom is 0.435 e. The molecule has 5 aliphatic rings. The van der Waals surface area contributed by atoms with Crippen molar-refractivity contribution in [3.05, 3.63) is 58.6 Å². The van der Waals surface area contributed by atoms with E-state index in [4.69, 9.17) is 11.6 Å². The molecule has 1 amide bonds. The second-order valence-electron chi connectivity index (χ2n) is 12.8. The number of carbonyl (C=O) groups excluding carboxylic acids is 1. The van der Waals surface area contributed by atoms with Crippen molar-refractivity contribution >= 4 is 39.0 Å². The van der Waals surface area contributed by atoms with Gasteiger partial charge in [-0.25, -0.2) is 12.8 Å². The van der Waals surface area contributed by atoms with E-state index < -0.39 is 66.7 Å². The molecular formula is C30H28ClF7N2O5S. The standard InChI is InChI=1S/C30H28ClF7N2O5S/c31-18-2-4-19(5-3-18)46(44,45)27-13-14-40(23(41)25-7-10-26(11-8-25,12-9-25)24(42)43)22(27)16-39-21-15-17(1-6-20(21)27)28(32,29(33,34)35)30(36,37)38/h1-6,15,22,39H,7-14,16H2,(H,42,43). The number of carboxylic acid groups (broad SMARTS) is 1. The number of carboxylic acids is 1. The maximum absolute atomic E-state index is 15.0. The van der Waals surface area contributed by atoms with Crippen molar-refractivity contribution in [2.45, 2.75) is 78.7 Å². The summed E-state index contributed by atoms with van der Waals surface area (Å²) in [5.41, 5.74) is -9.99. The number of hydrogen-bond donors (Lipinski definition) is 2. The van der Waals surface area contributed by atoms with Crippen LogP contribution >= 0.6 is 11.6 Å². The fourth-order valence-electron chi connectivity index (χ4n) is 8.08. The molecule has 46 heavy (non-hydrogen) atoms. The minimum absolute atomic E-state index is 0.108. The Bertz CT molecular complexity index is 1670. The van der Waals surface area contributed by atoms with Gasteiger partial charge < -0.3 is 15.3 Å². The minimum Gasteiger partial charge on any atom is -0.481 e. The van der Waals surface area contributed by atoms with E-state index in [2.05, 4.69) is 5.32 Å². The van der Waals surface area contributed by atoms with Gasteiger partial charge in [0.05, 0.1) is 16.4 Å². The molecule has 2 unspecified atom stereocenters. The molecule has 16 heteroatoms. The van der Waals surface area contributed by atoms with Gasteiger partial charge in [0, 0.05) is 34.8 Å². The van der Waals surface area contributed by atoms with Crippen LogP contribution in [0.5, 0.6) is 0 Å². The first kappa shape index (κ1) is 32.9. The molecule has 3 saturated carbocycles. The predicted octanol–water partition coefficient (Wildman–Crippen LogP) is 6.75. The van der Waals surface area contributed by atoms with Crippen LogP contribution in [0.1, 0.15) is 56.1 Å². The molecular weight excluding hydrogens is 669 g/mol. The lowest BCUT2D eigenvalue weighted by molar-refractivity contribution is -0.348. The van der Waals surface area contributed by atoms with E-state index in [1.54, 1.807) is 0 Å². The average molecular weight is 697 g/mol. The Morgan fingerprint density at radius 3 is 1.91 bits per heavy atom. The van der Waals surface area contributed by atoms with Crippen molar-refractivity contribution in [1.29, 1.82) is 0 Å². The molecule has 2 aromatic rings. The van der Waals surface area contributed by atoms with E-state index in [0.29, 0.717) is 12.1 Å². The van der Waals surface area contributed by atoms with Crippen molar-refractivity contribution in [1.82, 2.24) is 4.90 Å². The first-order chi connectivity index (χ1) is 21.3. The molecule has 2 bridgehead atoms.